The minimum Gasteiger partial charge on any atom is -0.483 e. The molecule has 0 bridgehead atoms. The van der Waals surface area contributed by atoms with E-state index in [1.54, 1.807) is 6.07 Å². The summed E-state index contributed by atoms with van der Waals surface area (Å²) in [5.41, 5.74) is 2.91. The number of hydrogen-bond acceptors (Lipinski definition) is 4. The lowest BCUT2D eigenvalue weighted by molar-refractivity contribution is -0.122. The number of carbonyl (C=O) groups is 1. The highest BCUT2D eigenvalue weighted by Crippen LogP contribution is 2.26. The fourth-order valence-electron chi connectivity index (χ4n) is 5.15. The maximum Gasteiger partial charge on any atom is 0.290 e. The van der Waals surface area contributed by atoms with Crippen LogP contribution in [-0.4, -0.2) is 53.9 Å². The first kappa shape index (κ1) is 22.0. The van der Waals surface area contributed by atoms with Crippen LogP contribution in [0.4, 0.5) is 0 Å². The van der Waals surface area contributed by atoms with E-state index in [4.69, 9.17) is 14.6 Å². The molecule has 0 atom stereocenters. The van der Waals surface area contributed by atoms with Gasteiger partial charge in [-0.3, -0.25) is 9.59 Å². The monoisotopic (exact) mass is 404 g/mol. The second kappa shape index (κ2) is 11.5. The molecule has 3 heterocycles. The molecule has 1 N–H and O–H groups in total. The molecule has 4 rings (SSSR count). The zero-order valence-corrected chi connectivity index (χ0v) is 17.6. The number of pyridine rings is 1. The van der Waals surface area contributed by atoms with Gasteiger partial charge >= 0.3 is 0 Å². The van der Waals surface area contributed by atoms with Crippen molar-refractivity contribution in [3.05, 3.63) is 33.7 Å². The lowest BCUT2D eigenvalue weighted by Gasteiger charge is -2.28. The van der Waals surface area contributed by atoms with Crippen LogP contribution in [0, 0.1) is 11.8 Å². The van der Waals surface area contributed by atoms with Gasteiger partial charge in [0.15, 0.2) is 0 Å². The summed E-state index contributed by atoms with van der Waals surface area (Å²) in [4.78, 5) is 23.6. The first-order chi connectivity index (χ1) is 14.2. The lowest BCUT2D eigenvalue weighted by atomic mass is 9.89. The Morgan fingerprint density at radius 1 is 0.966 bits per heavy atom. The Bertz CT molecular complexity index is 691. The second-order valence-corrected chi connectivity index (χ2v) is 8.72. The van der Waals surface area contributed by atoms with E-state index in [0.29, 0.717) is 5.92 Å². The summed E-state index contributed by atoms with van der Waals surface area (Å²) >= 11 is 0. The number of fused-ring (bicyclic) bond motifs is 1. The normalized spacial score (nSPS) is 21.5. The summed E-state index contributed by atoms with van der Waals surface area (Å²) in [6.07, 6.45) is 11.4. The first-order valence-corrected chi connectivity index (χ1v) is 11.3. The van der Waals surface area contributed by atoms with E-state index in [-0.39, 0.29) is 12.0 Å². The molecule has 3 aliphatic rings. The molecule has 1 saturated heterocycles. The van der Waals surface area contributed by atoms with Crippen LogP contribution in [-0.2, 0) is 28.9 Å². The molecule has 162 valence electrons. The molecular formula is C23H36N2O4. The van der Waals surface area contributed by atoms with Gasteiger partial charge in [0.25, 0.3) is 12.0 Å². The zero-order chi connectivity index (χ0) is 20.5. The topological polar surface area (TPSA) is 71.8 Å². The highest BCUT2D eigenvalue weighted by molar-refractivity contribution is 5.32. The Morgan fingerprint density at radius 3 is 2.34 bits per heavy atom. The Hall–Kier alpha value is -1.66. The average molecular weight is 405 g/mol. The van der Waals surface area contributed by atoms with Crippen LogP contribution in [0.1, 0.15) is 56.2 Å². The summed E-state index contributed by atoms with van der Waals surface area (Å²) in [5.74, 6) is 1.49. The second-order valence-electron chi connectivity index (χ2n) is 8.72. The number of aromatic nitrogens is 1. The molecule has 1 saturated carbocycles. The molecule has 6 heteroatoms. The number of carboxylic acid groups (broad SMARTS) is 1. The molecule has 2 fully saturated rings. The van der Waals surface area contributed by atoms with Crippen LogP contribution < -0.4 is 5.56 Å². The maximum atomic E-state index is 12.6. The van der Waals surface area contributed by atoms with Crippen molar-refractivity contribution in [2.24, 2.45) is 11.8 Å². The summed E-state index contributed by atoms with van der Waals surface area (Å²) in [7, 11) is 0. The molecule has 0 spiro atoms. The fourth-order valence-corrected chi connectivity index (χ4v) is 5.15. The SMILES string of the molecule is O=CO.O=c1ccc2c(n1CC1CCOCC1)CCN(CC1CCCCC1)CC2. The maximum absolute atomic E-state index is 12.6. The van der Waals surface area contributed by atoms with Crippen molar-refractivity contribution in [3.8, 4) is 0 Å². The van der Waals surface area contributed by atoms with Gasteiger partial charge < -0.3 is 19.3 Å². The molecule has 1 aliphatic carbocycles. The smallest absolute Gasteiger partial charge is 0.290 e. The van der Waals surface area contributed by atoms with Crippen LogP contribution in [0.2, 0.25) is 0 Å². The van der Waals surface area contributed by atoms with Gasteiger partial charge in [-0.1, -0.05) is 25.3 Å². The Morgan fingerprint density at radius 2 is 1.62 bits per heavy atom. The summed E-state index contributed by atoms with van der Waals surface area (Å²) in [5, 5.41) is 6.89. The summed E-state index contributed by atoms with van der Waals surface area (Å²) < 4.78 is 7.60. The van der Waals surface area contributed by atoms with Crippen molar-refractivity contribution in [2.75, 3.05) is 32.8 Å². The molecule has 2 aliphatic heterocycles. The first-order valence-electron chi connectivity index (χ1n) is 11.3. The highest BCUT2D eigenvalue weighted by Gasteiger charge is 2.23. The van der Waals surface area contributed by atoms with E-state index in [9.17, 15) is 4.79 Å². The van der Waals surface area contributed by atoms with Gasteiger partial charge in [-0.2, -0.15) is 0 Å². The third kappa shape index (κ3) is 6.41. The van der Waals surface area contributed by atoms with Crippen molar-refractivity contribution in [1.82, 2.24) is 9.47 Å². The third-order valence-electron chi connectivity index (χ3n) is 6.77. The van der Waals surface area contributed by atoms with Crippen molar-refractivity contribution in [2.45, 2.75) is 64.3 Å². The molecule has 0 aromatic carbocycles. The van der Waals surface area contributed by atoms with Gasteiger partial charge in [-0.25, -0.2) is 0 Å². The van der Waals surface area contributed by atoms with Gasteiger partial charge in [-0.15, -0.1) is 0 Å². The number of nitrogens with zero attached hydrogens (tertiary/aromatic N) is 2. The molecule has 0 unspecified atom stereocenters. The van der Waals surface area contributed by atoms with Crippen LogP contribution in [0.3, 0.4) is 0 Å². The van der Waals surface area contributed by atoms with Crippen LogP contribution >= 0.6 is 0 Å². The minimum absolute atomic E-state index is 0.191. The Kier molecular flexibility index (Phi) is 8.74. The third-order valence-corrected chi connectivity index (χ3v) is 6.77. The van der Waals surface area contributed by atoms with Crippen LogP contribution in [0.25, 0.3) is 0 Å². The Balaban J connectivity index is 0.000000755. The predicted molar refractivity (Wildman–Crippen MR) is 113 cm³/mol. The fraction of sp³-hybridized carbons (Fsp3) is 0.739. The van der Waals surface area contributed by atoms with Gasteiger partial charge in [0, 0.05) is 57.6 Å². The molecule has 0 amide bonds. The molecule has 6 nitrogen and oxygen atoms in total. The lowest BCUT2D eigenvalue weighted by Crippen LogP contribution is -2.33. The number of rotatable bonds is 4. The largest absolute Gasteiger partial charge is 0.483 e. The number of ether oxygens (including phenoxy) is 1. The van der Waals surface area contributed by atoms with E-state index < -0.39 is 0 Å². The van der Waals surface area contributed by atoms with E-state index in [1.165, 1.54) is 49.9 Å². The number of hydrogen-bond donors (Lipinski definition) is 1. The highest BCUT2D eigenvalue weighted by atomic mass is 16.5. The average Bonchev–Trinajstić information content (AvgIpc) is 2.95. The van der Waals surface area contributed by atoms with Gasteiger partial charge in [0.2, 0.25) is 0 Å². The predicted octanol–water partition coefficient (Wildman–Crippen LogP) is 2.96. The van der Waals surface area contributed by atoms with E-state index >= 15 is 0 Å². The zero-order valence-electron chi connectivity index (χ0n) is 17.6. The van der Waals surface area contributed by atoms with Gasteiger partial charge in [-0.05, 0) is 49.5 Å². The van der Waals surface area contributed by atoms with E-state index in [2.05, 4.69) is 15.5 Å². The van der Waals surface area contributed by atoms with Crippen molar-refractivity contribution in [1.29, 1.82) is 0 Å². The minimum atomic E-state index is -0.250. The van der Waals surface area contributed by atoms with Crippen molar-refractivity contribution >= 4 is 6.47 Å². The van der Waals surface area contributed by atoms with E-state index in [0.717, 1.165) is 64.4 Å². The molecule has 29 heavy (non-hydrogen) atoms. The van der Waals surface area contributed by atoms with Crippen molar-refractivity contribution in [3.63, 3.8) is 0 Å². The van der Waals surface area contributed by atoms with E-state index in [1.807, 2.05) is 0 Å². The summed E-state index contributed by atoms with van der Waals surface area (Å²) in [6.45, 7) is 5.86. The van der Waals surface area contributed by atoms with Crippen molar-refractivity contribution < 1.29 is 14.6 Å². The summed E-state index contributed by atoms with van der Waals surface area (Å²) in [6, 6.07) is 3.90. The molecule has 1 aromatic rings. The van der Waals surface area contributed by atoms with Crippen LogP contribution in [0.15, 0.2) is 16.9 Å². The standard InChI is InChI=1S/C22H34N2O2.CH2O2/c25-22-7-6-20-8-12-23(16-18-4-2-1-3-5-18)13-9-21(20)24(22)17-19-10-14-26-15-11-19;2-1-3/h6-7,18-19H,1-5,8-17H2;1H,(H,2,3). The quantitative estimate of drug-likeness (QED) is 0.781. The molecular weight excluding hydrogens is 368 g/mol. The van der Waals surface area contributed by atoms with Gasteiger partial charge in [0.1, 0.15) is 0 Å². The van der Waals surface area contributed by atoms with Crippen LogP contribution in [0.5, 0.6) is 0 Å². The Labute approximate surface area is 173 Å². The molecule has 0 radical (unpaired) electrons. The van der Waals surface area contributed by atoms with Gasteiger partial charge in [0.05, 0.1) is 0 Å². The molecule has 1 aromatic heterocycles.